The Bertz CT molecular complexity index is 999. The van der Waals surface area contributed by atoms with Crippen LogP contribution in [-0.2, 0) is 0 Å². The van der Waals surface area contributed by atoms with Crippen molar-refractivity contribution in [1.82, 2.24) is 9.38 Å². The van der Waals surface area contributed by atoms with Gasteiger partial charge in [0.1, 0.15) is 11.3 Å². The van der Waals surface area contributed by atoms with Gasteiger partial charge in [-0.2, -0.15) is 0 Å². The summed E-state index contributed by atoms with van der Waals surface area (Å²) in [6, 6.07) is 9.28. The molecule has 0 spiro atoms. The third-order valence-electron chi connectivity index (χ3n) is 3.95. The zero-order valence-corrected chi connectivity index (χ0v) is 14.2. The van der Waals surface area contributed by atoms with Crippen LogP contribution in [0.25, 0.3) is 5.65 Å². The summed E-state index contributed by atoms with van der Waals surface area (Å²) in [7, 11) is 0. The molecular weight excluding hydrogens is 302 g/mol. The molecule has 0 saturated carbocycles. The average molecular weight is 321 g/mol. The summed E-state index contributed by atoms with van der Waals surface area (Å²) in [6.07, 6.45) is 1.66. The third-order valence-corrected chi connectivity index (χ3v) is 3.95. The molecule has 2 heterocycles. The number of pyridine rings is 1. The van der Waals surface area contributed by atoms with Gasteiger partial charge in [0.05, 0.1) is 5.69 Å². The summed E-state index contributed by atoms with van der Waals surface area (Å²) >= 11 is 0. The Kier molecular flexibility index (Phi) is 3.93. The number of hydrogen-bond acceptors (Lipinski definition) is 3. The number of carbonyl (C=O) groups excluding carboxylic acids is 1. The molecule has 122 valence electrons. The summed E-state index contributed by atoms with van der Waals surface area (Å²) in [5, 5.41) is 2.73. The van der Waals surface area contributed by atoms with E-state index in [0.29, 0.717) is 16.9 Å². The monoisotopic (exact) mass is 321 g/mol. The van der Waals surface area contributed by atoms with Crippen molar-refractivity contribution >= 4 is 17.2 Å². The van der Waals surface area contributed by atoms with E-state index >= 15 is 0 Å². The predicted molar refractivity (Wildman–Crippen MR) is 94.8 cm³/mol. The van der Waals surface area contributed by atoms with Crippen LogP contribution in [0.1, 0.15) is 32.7 Å². The van der Waals surface area contributed by atoms with Crippen LogP contribution < -0.4 is 10.9 Å². The lowest BCUT2D eigenvalue weighted by molar-refractivity contribution is 0.102. The first-order chi connectivity index (χ1) is 11.4. The van der Waals surface area contributed by atoms with E-state index in [9.17, 15) is 9.59 Å². The highest BCUT2D eigenvalue weighted by Crippen LogP contribution is 2.14. The fourth-order valence-corrected chi connectivity index (χ4v) is 2.84. The maximum Gasteiger partial charge on any atom is 0.281 e. The van der Waals surface area contributed by atoms with Gasteiger partial charge in [-0.15, -0.1) is 0 Å². The van der Waals surface area contributed by atoms with Crippen molar-refractivity contribution in [2.24, 2.45) is 0 Å². The maximum atomic E-state index is 12.7. The SMILES string of the molecule is Cc1cc(C)cc(C(=O)Nc2c(C)nc3c(C)cccn3c2=O)c1. The molecule has 0 atom stereocenters. The summed E-state index contributed by atoms with van der Waals surface area (Å²) in [4.78, 5) is 29.7. The molecule has 0 aliphatic heterocycles. The maximum absolute atomic E-state index is 12.7. The van der Waals surface area contributed by atoms with Crippen molar-refractivity contribution < 1.29 is 4.79 Å². The molecule has 3 aromatic rings. The molecule has 24 heavy (non-hydrogen) atoms. The first kappa shape index (κ1) is 15.9. The van der Waals surface area contributed by atoms with E-state index in [4.69, 9.17) is 0 Å². The van der Waals surface area contributed by atoms with Crippen LogP contribution >= 0.6 is 0 Å². The molecule has 0 bridgehead atoms. The minimum Gasteiger partial charge on any atom is -0.316 e. The lowest BCUT2D eigenvalue weighted by Crippen LogP contribution is -2.25. The van der Waals surface area contributed by atoms with Gasteiger partial charge in [-0.1, -0.05) is 23.3 Å². The molecule has 0 fully saturated rings. The Morgan fingerprint density at radius 1 is 1.08 bits per heavy atom. The van der Waals surface area contributed by atoms with Gasteiger partial charge in [-0.3, -0.25) is 14.0 Å². The molecule has 0 radical (unpaired) electrons. The van der Waals surface area contributed by atoms with Crippen LogP contribution in [0.4, 0.5) is 5.69 Å². The van der Waals surface area contributed by atoms with Gasteiger partial charge in [0.2, 0.25) is 0 Å². The molecule has 1 amide bonds. The van der Waals surface area contributed by atoms with Gasteiger partial charge in [0.25, 0.3) is 11.5 Å². The van der Waals surface area contributed by atoms with E-state index < -0.39 is 0 Å². The number of fused-ring (bicyclic) bond motifs is 1. The van der Waals surface area contributed by atoms with Gasteiger partial charge in [-0.05, 0) is 51.5 Å². The Labute approximate surface area is 140 Å². The van der Waals surface area contributed by atoms with Crippen LogP contribution in [0, 0.1) is 27.7 Å². The van der Waals surface area contributed by atoms with Crippen LogP contribution in [0.5, 0.6) is 0 Å². The molecular formula is C19H19N3O2. The van der Waals surface area contributed by atoms with E-state index in [1.54, 1.807) is 31.3 Å². The average Bonchev–Trinajstić information content (AvgIpc) is 2.51. The summed E-state index contributed by atoms with van der Waals surface area (Å²) in [5.41, 5.74) is 4.48. The van der Waals surface area contributed by atoms with E-state index in [-0.39, 0.29) is 17.2 Å². The van der Waals surface area contributed by atoms with Crippen LogP contribution in [0.3, 0.4) is 0 Å². The predicted octanol–water partition coefficient (Wildman–Crippen LogP) is 3.18. The Balaban J connectivity index is 2.07. The number of benzene rings is 1. The summed E-state index contributed by atoms with van der Waals surface area (Å²) in [6.45, 7) is 7.49. The van der Waals surface area contributed by atoms with Crippen molar-refractivity contribution in [2.45, 2.75) is 27.7 Å². The van der Waals surface area contributed by atoms with E-state index in [1.165, 1.54) is 4.40 Å². The lowest BCUT2D eigenvalue weighted by Gasteiger charge is -2.11. The quantitative estimate of drug-likeness (QED) is 0.788. The third kappa shape index (κ3) is 2.80. The van der Waals surface area contributed by atoms with Gasteiger partial charge < -0.3 is 5.32 Å². The summed E-state index contributed by atoms with van der Waals surface area (Å²) < 4.78 is 1.46. The molecule has 5 nitrogen and oxygen atoms in total. The fraction of sp³-hybridized carbons (Fsp3) is 0.211. The van der Waals surface area contributed by atoms with Gasteiger partial charge >= 0.3 is 0 Å². The van der Waals surface area contributed by atoms with Crippen molar-refractivity contribution in [3.63, 3.8) is 0 Å². The van der Waals surface area contributed by atoms with E-state index in [1.807, 2.05) is 32.9 Å². The molecule has 0 unspecified atom stereocenters. The Morgan fingerprint density at radius 2 is 1.75 bits per heavy atom. The smallest absolute Gasteiger partial charge is 0.281 e. The number of amides is 1. The summed E-state index contributed by atoms with van der Waals surface area (Å²) in [5.74, 6) is -0.309. The number of hydrogen-bond donors (Lipinski definition) is 1. The zero-order chi connectivity index (χ0) is 17.4. The Morgan fingerprint density at radius 3 is 2.42 bits per heavy atom. The van der Waals surface area contributed by atoms with E-state index in [2.05, 4.69) is 10.3 Å². The van der Waals surface area contributed by atoms with Crippen molar-refractivity contribution in [1.29, 1.82) is 0 Å². The van der Waals surface area contributed by atoms with Crippen LogP contribution in [-0.4, -0.2) is 15.3 Å². The second-order valence-electron chi connectivity index (χ2n) is 6.09. The van der Waals surface area contributed by atoms with E-state index in [0.717, 1.165) is 16.7 Å². The fourth-order valence-electron chi connectivity index (χ4n) is 2.84. The highest BCUT2D eigenvalue weighted by atomic mass is 16.2. The molecule has 3 rings (SSSR count). The largest absolute Gasteiger partial charge is 0.316 e. The lowest BCUT2D eigenvalue weighted by atomic mass is 10.1. The number of nitrogens with one attached hydrogen (secondary N) is 1. The van der Waals surface area contributed by atoms with Crippen LogP contribution in [0.2, 0.25) is 0 Å². The number of aromatic nitrogens is 2. The van der Waals surface area contributed by atoms with Gasteiger partial charge in [-0.25, -0.2) is 4.98 Å². The molecule has 1 aromatic carbocycles. The second kappa shape index (κ2) is 5.92. The highest BCUT2D eigenvalue weighted by molar-refractivity contribution is 6.04. The molecule has 0 aliphatic rings. The first-order valence-corrected chi connectivity index (χ1v) is 7.75. The number of nitrogens with zero attached hydrogens (tertiary/aromatic N) is 2. The highest BCUT2D eigenvalue weighted by Gasteiger charge is 2.15. The minimum atomic E-state index is -0.309. The van der Waals surface area contributed by atoms with Crippen molar-refractivity contribution in [3.05, 3.63) is 74.8 Å². The second-order valence-corrected chi connectivity index (χ2v) is 6.09. The molecule has 2 aromatic heterocycles. The van der Waals surface area contributed by atoms with Crippen LogP contribution in [0.15, 0.2) is 41.3 Å². The number of rotatable bonds is 2. The number of carbonyl (C=O) groups is 1. The van der Waals surface area contributed by atoms with Gasteiger partial charge in [0, 0.05) is 11.8 Å². The normalized spacial score (nSPS) is 10.8. The first-order valence-electron chi connectivity index (χ1n) is 7.75. The molecule has 1 N–H and O–H groups in total. The number of anilines is 1. The molecule has 0 saturated heterocycles. The molecule has 0 aliphatic carbocycles. The molecule has 5 heteroatoms. The topological polar surface area (TPSA) is 63.5 Å². The zero-order valence-electron chi connectivity index (χ0n) is 14.2. The Hall–Kier alpha value is -2.95. The van der Waals surface area contributed by atoms with Gasteiger partial charge in [0.15, 0.2) is 0 Å². The van der Waals surface area contributed by atoms with Crippen molar-refractivity contribution in [3.8, 4) is 0 Å². The standard InChI is InChI=1S/C19H19N3O2/c1-11-8-12(2)10-15(9-11)18(23)21-16-14(4)20-17-13(3)6-5-7-22(17)19(16)24/h5-10H,1-4H3,(H,21,23). The van der Waals surface area contributed by atoms with Crippen molar-refractivity contribution in [2.75, 3.05) is 5.32 Å². The minimum absolute atomic E-state index is 0.210. The number of aryl methyl sites for hydroxylation is 4.